The lowest BCUT2D eigenvalue weighted by atomic mass is 10.1. The van der Waals surface area contributed by atoms with E-state index in [2.05, 4.69) is 25.3 Å². The summed E-state index contributed by atoms with van der Waals surface area (Å²) in [4.78, 5) is 29.4. The number of carbonyl (C=O) groups excluding carboxylic acids is 1. The summed E-state index contributed by atoms with van der Waals surface area (Å²) in [6.45, 7) is 0.627. The average molecular weight is 596 g/mol. The number of aryl methyl sites for hydroxylation is 1. The maximum atomic E-state index is 12.9. The van der Waals surface area contributed by atoms with Crippen LogP contribution >= 0.6 is 11.6 Å². The zero-order chi connectivity index (χ0) is 30.0. The molecule has 5 rings (SSSR count). The quantitative estimate of drug-likeness (QED) is 0.142. The number of aromatic amines is 1. The van der Waals surface area contributed by atoms with Gasteiger partial charge in [-0.1, -0.05) is 17.7 Å². The number of imidazole rings is 2. The lowest BCUT2D eigenvalue weighted by molar-refractivity contribution is -0.140. The van der Waals surface area contributed by atoms with E-state index in [1.54, 1.807) is 42.5 Å². The van der Waals surface area contributed by atoms with Crippen LogP contribution in [-0.4, -0.2) is 55.8 Å². The average Bonchev–Trinajstić information content (AvgIpc) is 3.55. The Bertz CT molecular complexity index is 1790. The van der Waals surface area contributed by atoms with Gasteiger partial charge in [0, 0.05) is 43.2 Å². The van der Waals surface area contributed by atoms with E-state index < -0.39 is 11.9 Å². The second-order valence-electron chi connectivity index (χ2n) is 9.62. The third kappa shape index (κ3) is 6.45. The van der Waals surface area contributed by atoms with Gasteiger partial charge in [-0.25, -0.2) is 9.97 Å². The van der Waals surface area contributed by atoms with Crippen LogP contribution in [0.15, 0.2) is 73.1 Å². The van der Waals surface area contributed by atoms with Gasteiger partial charge in [0.15, 0.2) is 11.6 Å². The Morgan fingerprint density at radius 1 is 1.12 bits per heavy atom. The highest BCUT2D eigenvalue weighted by molar-refractivity contribution is 6.34. The van der Waals surface area contributed by atoms with Crippen LogP contribution < -0.4 is 10.1 Å². The Hall–Kier alpha value is -4.68. The molecule has 0 saturated carbocycles. The molecule has 0 amide bonds. The number of hydrogen-bond donors (Lipinski definition) is 2. The molecule has 0 aliphatic carbocycles. The molecule has 3 aromatic heterocycles. The molecule has 5 aromatic rings. The number of ketones is 1. The van der Waals surface area contributed by atoms with Crippen molar-refractivity contribution in [3.8, 4) is 23.0 Å². The Kier molecular flexibility index (Phi) is 8.01. The molecule has 9 nitrogen and oxygen atoms in total. The van der Waals surface area contributed by atoms with Crippen LogP contribution in [0.25, 0.3) is 22.6 Å². The Labute approximate surface area is 243 Å². The minimum absolute atomic E-state index is 0.0275. The van der Waals surface area contributed by atoms with Crippen molar-refractivity contribution >= 4 is 40.1 Å². The monoisotopic (exact) mass is 595 g/mol. The van der Waals surface area contributed by atoms with Crippen molar-refractivity contribution < 1.29 is 22.7 Å². The van der Waals surface area contributed by atoms with E-state index in [0.717, 1.165) is 11.7 Å². The van der Waals surface area contributed by atoms with Gasteiger partial charge in [0.2, 0.25) is 5.95 Å². The minimum atomic E-state index is -4.54. The van der Waals surface area contributed by atoms with Gasteiger partial charge in [-0.15, -0.1) is 0 Å². The van der Waals surface area contributed by atoms with Gasteiger partial charge in [0.05, 0.1) is 22.3 Å². The number of hydrogen-bond acceptors (Lipinski definition) is 7. The maximum absolute atomic E-state index is 12.9. The first-order chi connectivity index (χ1) is 20.0. The predicted octanol–water partition coefficient (Wildman–Crippen LogP) is 6.87. The number of aromatic nitrogens is 5. The van der Waals surface area contributed by atoms with Crippen molar-refractivity contribution in [2.75, 3.05) is 26.0 Å². The normalized spacial score (nSPS) is 12.0. The zero-order valence-corrected chi connectivity index (χ0v) is 23.5. The molecule has 13 heteroatoms. The summed E-state index contributed by atoms with van der Waals surface area (Å²) in [7, 11) is 5.67. The number of rotatable bonds is 9. The number of ether oxygens (including phenoxy) is 1. The van der Waals surface area contributed by atoms with Crippen molar-refractivity contribution in [3.63, 3.8) is 0 Å². The standard InChI is InChI=1S/C29H25ClF3N7O2/c1-39(2)12-4-5-25(41)20-13-17(6-8-21(20)30)36-28-37-22-14-18(7-9-24(22)40(28)3)42-19-10-11-34-23(15-19)27-35-16-26(38-27)29(31,32)33/h4-11,13-16H,12H2,1-3H3,(H,35,38)(H,36,37)/b5-4+. The second kappa shape index (κ2) is 11.7. The fraction of sp³-hybridized carbons (Fsp3) is 0.172. The van der Waals surface area contributed by atoms with Gasteiger partial charge in [0.1, 0.15) is 22.9 Å². The third-order valence-corrected chi connectivity index (χ3v) is 6.50. The number of nitrogens with zero attached hydrogens (tertiary/aromatic N) is 5. The minimum Gasteiger partial charge on any atom is -0.457 e. The molecule has 42 heavy (non-hydrogen) atoms. The molecule has 0 aliphatic heterocycles. The van der Waals surface area contributed by atoms with Crippen LogP contribution in [0, 0.1) is 0 Å². The molecule has 3 heterocycles. The number of H-pyrrole nitrogens is 1. The van der Waals surface area contributed by atoms with Crippen LogP contribution in [0.5, 0.6) is 11.5 Å². The smallest absolute Gasteiger partial charge is 0.432 e. The van der Waals surface area contributed by atoms with Gasteiger partial charge < -0.3 is 24.5 Å². The van der Waals surface area contributed by atoms with Crippen LogP contribution in [0.1, 0.15) is 16.1 Å². The molecule has 0 saturated heterocycles. The SMILES string of the molecule is CN(C)C/C=C/C(=O)c1cc(Nc2nc3cc(Oc4ccnc(-c5ncc(C(F)(F)F)[nH]5)c4)ccc3n2C)ccc1Cl. The van der Waals surface area contributed by atoms with Gasteiger partial charge >= 0.3 is 6.18 Å². The summed E-state index contributed by atoms with van der Waals surface area (Å²) >= 11 is 6.30. The number of pyridine rings is 1. The lowest BCUT2D eigenvalue weighted by Gasteiger charge is -2.09. The molecular formula is C29H25ClF3N7O2. The number of halogens is 4. The van der Waals surface area contributed by atoms with E-state index >= 15 is 0 Å². The topological polar surface area (TPSA) is 101 Å². The molecule has 0 bridgehead atoms. The maximum Gasteiger partial charge on any atom is 0.432 e. The Balaban J connectivity index is 1.34. The molecule has 0 fully saturated rings. The largest absolute Gasteiger partial charge is 0.457 e. The van der Waals surface area contributed by atoms with Gasteiger partial charge in [-0.05, 0) is 56.6 Å². The van der Waals surface area contributed by atoms with Crippen LogP contribution in [0.4, 0.5) is 24.8 Å². The first-order valence-corrected chi connectivity index (χ1v) is 13.0. The molecule has 2 aromatic carbocycles. The van der Waals surface area contributed by atoms with E-state index in [1.807, 2.05) is 36.7 Å². The molecule has 0 atom stereocenters. The fourth-order valence-corrected chi connectivity index (χ4v) is 4.28. The molecule has 0 unspecified atom stereocenters. The lowest BCUT2D eigenvalue weighted by Crippen LogP contribution is -2.11. The zero-order valence-electron chi connectivity index (χ0n) is 22.7. The van der Waals surface area contributed by atoms with Crippen LogP contribution in [0.2, 0.25) is 5.02 Å². The fourth-order valence-electron chi connectivity index (χ4n) is 4.07. The van der Waals surface area contributed by atoms with Crippen LogP contribution in [-0.2, 0) is 13.2 Å². The summed E-state index contributed by atoms with van der Waals surface area (Å²) in [5.41, 5.74) is 1.68. The predicted molar refractivity (Wildman–Crippen MR) is 154 cm³/mol. The number of benzene rings is 2. The Morgan fingerprint density at radius 2 is 1.90 bits per heavy atom. The van der Waals surface area contributed by atoms with Crippen molar-refractivity contribution in [1.29, 1.82) is 0 Å². The number of anilines is 2. The number of carbonyl (C=O) groups is 1. The van der Waals surface area contributed by atoms with Crippen LogP contribution in [0.3, 0.4) is 0 Å². The highest BCUT2D eigenvalue weighted by Gasteiger charge is 2.33. The number of allylic oxidation sites excluding steroid dienone is 1. The van der Waals surface area contributed by atoms with Crippen molar-refractivity contribution in [3.05, 3.63) is 89.4 Å². The molecule has 216 valence electrons. The summed E-state index contributed by atoms with van der Waals surface area (Å²) < 4.78 is 46.6. The summed E-state index contributed by atoms with van der Waals surface area (Å²) in [6, 6.07) is 13.5. The first-order valence-electron chi connectivity index (χ1n) is 12.6. The molecular weight excluding hydrogens is 571 g/mol. The number of nitrogens with one attached hydrogen (secondary N) is 2. The summed E-state index contributed by atoms with van der Waals surface area (Å²) in [5, 5.41) is 3.58. The van der Waals surface area contributed by atoms with E-state index in [4.69, 9.17) is 16.3 Å². The van der Waals surface area contributed by atoms with Crippen molar-refractivity contribution in [2.24, 2.45) is 7.05 Å². The highest BCUT2D eigenvalue weighted by Crippen LogP contribution is 2.32. The second-order valence-corrected chi connectivity index (χ2v) is 10.0. The van der Waals surface area contributed by atoms with Crippen molar-refractivity contribution in [2.45, 2.75) is 6.18 Å². The van der Waals surface area contributed by atoms with Gasteiger partial charge in [-0.3, -0.25) is 9.78 Å². The van der Waals surface area contributed by atoms with Crippen molar-refractivity contribution in [1.82, 2.24) is 29.4 Å². The van der Waals surface area contributed by atoms with E-state index in [9.17, 15) is 18.0 Å². The first kappa shape index (κ1) is 28.8. The molecule has 0 spiro atoms. The van der Waals surface area contributed by atoms with Gasteiger partial charge in [-0.2, -0.15) is 13.2 Å². The summed E-state index contributed by atoms with van der Waals surface area (Å²) in [6.07, 6.45) is 0.878. The Morgan fingerprint density at radius 3 is 2.64 bits per heavy atom. The summed E-state index contributed by atoms with van der Waals surface area (Å²) in [5.74, 6) is 1.11. The number of fused-ring (bicyclic) bond motifs is 1. The van der Waals surface area contributed by atoms with Gasteiger partial charge in [0.25, 0.3) is 0 Å². The third-order valence-electron chi connectivity index (χ3n) is 6.17. The molecule has 0 radical (unpaired) electrons. The van der Waals surface area contributed by atoms with E-state index in [-0.39, 0.29) is 17.3 Å². The number of likely N-dealkylation sites (N-methyl/N-ethyl adjacent to an activating group) is 1. The number of alkyl halides is 3. The highest BCUT2D eigenvalue weighted by atomic mass is 35.5. The molecule has 2 N–H and O–H groups in total. The van der Waals surface area contributed by atoms with E-state index in [0.29, 0.717) is 45.8 Å². The van der Waals surface area contributed by atoms with E-state index in [1.165, 1.54) is 18.3 Å². The molecule has 0 aliphatic rings.